The Bertz CT molecular complexity index is 212. The van der Waals surface area contributed by atoms with Crippen LogP contribution in [0.3, 0.4) is 0 Å². The van der Waals surface area contributed by atoms with E-state index in [4.69, 9.17) is 14.2 Å². The van der Waals surface area contributed by atoms with E-state index in [0.29, 0.717) is 25.4 Å². The third-order valence-electron chi connectivity index (χ3n) is 1.87. The quantitative estimate of drug-likeness (QED) is 0.200. The van der Waals surface area contributed by atoms with Gasteiger partial charge in [0.05, 0.1) is 16.1 Å². The van der Waals surface area contributed by atoms with Gasteiger partial charge in [-0.05, 0) is 26.8 Å². The summed E-state index contributed by atoms with van der Waals surface area (Å²) in [5.41, 5.74) is 0.438. The normalized spacial score (nSPS) is 11.2. The fourth-order valence-electron chi connectivity index (χ4n) is 1.12. The van der Waals surface area contributed by atoms with Crippen LogP contribution >= 0.6 is 0 Å². The highest BCUT2D eigenvalue weighted by molar-refractivity contribution is 6.36. The van der Waals surface area contributed by atoms with Crippen LogP contribution in [0.2, 0.25) is 6.04 Å². The second-order valence-electron chi connectivity index (χ2n) is 3.40. The standard InChI is InChI=1S/C11H22O4Si/c1-5-13-11(14-6-2)16-8-7-15-10(12)9(3)4/h11H,3,5-8,16H2,1-2,4H3. The number of hydrogen-bond acceptors (Lipinski definition) is 4. The molecule has 0 saturated heterocycles. The van der Waals surface area contributed by atoms with Gasteiger partial charge in [-0.1, -0.05) is 6.58 Å². The molecule has 0 rings (SSSR count). The highest BCUT2D eigenvalue weighted by Crippen LogP contribution is 1.98. The zero-order valence-corrected chi connectivity index (χ0v) is 11.9. The summed E-state index contributed by atoms with van der Waals surface area (Å²) in [7, 11) is -0.516. The van der Waals surface area contributed by atoms with Crippen molar-refractivity contribution < 1.29 is 19.0 Å². The van der Waals surface area contributed by atoms with E-state index < -0.39 is 9.52 Å². The highest BCUT2D eigenvalue weighted by Gasteiger charge is 2.09. The van der Waals surface area contributed by atoms with Crippen LogP contribution in [0, 0.1) is 0 Å². The van der Waals surface area contributed by atoms with E-state index >= 15 is 0 Å². The molecule has 0 aromatic heterocycles. The second kappa shape index (κ2) is 9.56. The van der Waals surface area contributed by atoms with E-state index in [1.165, 1.54) is 0 Å². The van der Waals surface area contributed by atoms with Crippen LogP contribution in [0.15, 0.2) is 12.2 Å². The molecule has 0 aromatic carbocycles. The van der Waals surface area contributed by atoms with Crippen molar-refractivity contribution in [1.82, 2.24) is 0 Å². The van der Waals surface area contributed by atoms with Crippen molar-refractivity contribution in [2.24, 2.45) is 0 Å². The molecule has 0 fully saturated rings. The Morgan fingerprint density at radius 1 is 1.31 bits per heavy atom. The first kappa shape index (κ1) is 15.3. The number of carbonyl (C=O) groups excluding carboxylic acids is 1. The molecule has 16 heavy (non-hydrogen) atoms. The smallest absolute Gasteiger partial charge is 0.333 e. The molecule has 0 aliphatic carbocycles. The first-order chi connectivity index (χ1) is 7.61. The summed E-state index contributed by atoms with van der Waals surface area (Å²) in [6.45, 7) is 10.8. The molecule has 0 N–H and O–H groups in total. The Kier molecular flexibility index (Phi) is 9.17. The lowest BCUT2D eigenvalue weighted by Gasteiger charge is -2.16. The topological polar surface area (TPSA) is 44.8 Å². The molecule has 5 heteroatoms. The van der Waals surface area contributed by atoms with Crippen LogP contribution in [-0.2, 0) is 19.0 Å². The summed E-state index contributed by atoms with van der Waals surface area (Å²) < 4.78 is 15.8. The van der Waals surface area contributed by atoms with Gasteiger partial charge in [-0.15, -0.1) is 0 Å². The lowest BCUT2D eigenvalue weighted by Crippen LogP contribution is -2.25. The molecule has 4 nitrogen and oxygen atoms in total. The van der Waals surface area contributed by atoms with Gasteiger partial charge >= 0.3 is 5.97 Å². The van der Waals surface area contributed by atoms with Crippen molar-refractivity contribution in [3.8, 4) is 0 Å². The molecule has 0 spiro atoms. The Morgan fingerprint density at radius 3 is 2.31 bits per heavy atom. The molecule has 0 atom stereocenters. The summed E-state index contributed by atoms with van der Waals surface area (Å²) in [5, 5.41) is 0. The van der Waals surface area contributed by atoms with E-state index in [-0.39, 0.29) is 11.9 Å². The van der Waals surface area contributed by atoms with Gasteiger partial charge in [0.2, 0.25) is 0 Å². The highest BCUT2D eigenvalue weighted by atomic mass is 28.2. The number of esters is 1. The maximum atomic E-state index is 11.1. The van der Waals surface area contributed by atoms with Crippen molar-refractivity contribution in [1.29, 1.82) is 0 Å². The van der Waals surface area contributed by atoms with Crippen LogP contribution in [-0.4, -0.2) is 41.2 Å². The van der Waals surface area contributed by atoms with Crippen molar-refractivity contribution in [2.75, 3.05) is 19.8 Å². The maximum absolute atomic E-state index is 11.1. The lowest BCUT2D eigenvalue weighted by atomic mass is 10.4. The number of rotatable bonds is 9. The fraction of sp³-hybridized carbons (Fsp3) is 0.727. The molecular formula is C11H22O4Si. The van der Waals surface area contributed by atoms with E-state index in [1.54, 1.807) is 6.92 Å². The molecule has 0 aliphatic heterocycles. The summed E-state index contributed by atoms with van der Waals surface area (Å²) in [6, 6.07) is 0.865. The van der Waals surface area contributed by atoms with Crippen molar-refractivity contribution >= 4 is 15.5 Å². The van der Waals surface area contributed by atoms with Gasteiger partial charge in [0, 0.05) is 18.8 Å². The zero-order chi connectivity index (χ0) is 12.4. The minimum Gasteiger partial charge on any atom is -0.463 e. The van der Waals surface area contributed by atoms with E-state index in [9.17, 15) is 4.79 Å². The molecule has 0 unspecified atom stereocenters. The SMILES string of the molecule is C=C(C)C(=O)OCC[SiH2]C(OCC)OCC. The minimum absolute atomic E-state index is 0.0569. The van der Waals surface area contributed by atoms with Crippen LogP contribution in [0.1, 0.15) is 20.8 Å². The monoisotopic (exact) mass is 246 g/mol. The first-order valence-electron chi connectivity index (χ1n) is 5.67. The molecule has 0 saturated carbocycles. The summed E-state index contributed by atoms with van der Waals surface area (Å²) in [4.78, 5) is 11.1. The van der Waals surface area contributed by atoms with Gasteiger partial charge in [0.1, 0.15) is 5.91 Å². The fourth-order valence-corrected chi connectivity index (χ4v) is 2.57. The lowest BCUT2D eigenvalue weighted by molar-refractivity contribution is -0.138. The molecule has 0 bridgehead atoms. The van der Waals surface area contributed by atoms with Crippen molar-refractivity contribution in [2.45, 2.75) is 32.7 Å². The maximum Gasteiger partial charge on any atom is 0.333 e. The van der Waals surface area contributed by atoms with Crippen molar-refractivity contribution in [3.05, 3.63) is 12.2 Å². The zero-order valence-electron chi connectivity index (χ0n) is 10.5. The number of hydrogen-bond donors (Lipinski definition) is 0. The third-order valence-corrected chi connectivity index (χ3v) is 3.51. The Morgan fingerprint density at radius 2 is 1.88 bits per heavy atom. The van der Waals surface area contributed by atoms with Gasteiger partial charge < -0.3 is 14.2 Å². The van der Waals surface area contributed by atoms with Crippen LogP contribution in [0.25, 0.3) is 0 Å². The van der Waals surface area contributed by atoms with Gasteiger partial charge in [-0.2, -0.15) is 0 Å². The van der Waals surface area contributed by atoms with E-state index in [0.717, 1.165) is 6.04 Å². The largest absolute Gasteiger partial charge is 0.463 e. The average Bonchev–Trinajstić information content (AvgIpc) is 2.24. The van der Waals surface area contributed by atoms with Crippen LogP contribution in [0.4, 0.5) is 0 Å². The van der Waals surface area contributed by atoms with Crippen LogP contribution < -0.4 is 0 Å². The molecule has 0 heterocycles. The summed E-state index contributed by atoms with van der Waals surface area (Å²) in [6.07, 6.45) is 0. The molecule has 0 aliphatic rings. The van der Waals surface area contributed by atoms with Gasteiger partial charge in [-0.3, -0.25) is 0 Å². The van der Waals surface area contributed by atoms with Gasteiger partial charge in [0.15, 0.2) is 0 Å². The first-order valence-corrected chi connectivity index (χ1v) is 7.49. The number of ether oxygens (including phenoxy) is 3. The van der Waals surface area contributed by atoms with Gasteiger partial charge in [-0.25, -0.2) is 4.79 Å². The molecule has 0 radical (unpaired) electrons. The predicted octanol–water partition coefficient (Wildman–Crippen LogP) is 1.05. The molecule has 94 valence electrons. The Balaban J connectivity index is 3.61. The minimum atomic E-state index is -0.516. The predicted molar refractivity (Wildman–Crippen MR) is 66.2 cm³/mol. The molecular weight excluding hydrogens is 224 g/mol. The summed E-state index contributed by atoms with van der Waals surface area (Å²) >= 11 is 0. The molecule has 0 amide bonds. The molecule has 0 aromatic rings. The average molecular weight is 246 g/mol. The Labute approximate surface area is 99.8 Å². The van der Waals surface area contributed by atoms with Crippen LogP contribution in [0.5, 0.6) is 0 Å². The number of carbonyl (C=O) groups is 1. The van der Waals surface area contributed by atoms with E-state index in [2.05, 4.69) is 6.58 Å². The summed E-state index contributed by atoms with van der Waals surface area (Å²) in [5.74, 6) is -0.378. The van der Waals surface area contributed by atoms with Gasteiger partial charge in [0.25, 0.3) is 0 Å². The Hall–Kier alpha value is -0.653. The second-order valence-corrected chi connectivity index (χ2v) is 5.35. The van der Waals surface area contributed by atoms with E-state index in [1.807, 2.05) is 13.8 Å². The van der Waals surface area contributed by atoms with Crippen molar-refractivity contribution in [3.63, 3.8) is 0 Å². The third kappa shape index (κ3) is 7.61.